The summed E-state index contributed by atoms with van der Waals surface area (Å²) in [7, 11) is 1.74. The summed E-state index contributed by atoms with van der Waals surface area (Å²) in [5.41, 5.74) is -0.197. The van der Waals surface area contributed by atoms with Gasteiger partial charge in [-0.2, -0.15) is 9.95 Å². The molecule has 0 aromatic carbocycles. The maximum atomic E-state index is 11.1. The van der Waals surface area contributed by atoms with E-state index in [-0.39, 0.29) is 17.5 Å². The fourth-order valence-corrected chi connectivity index (χ4v) is 2.31. The van der Waals surface area contributed by atoms with E-state index in [2.05, 4.69) is 25.9 Å². The Labute approximate surface area is 102 Å². The van der Waals surface area contributed by atoms with Crippen LogP contribution in [0.2, 0.25) is 0 Å². The minimum atomic E-state index is -0.197. The van der Waals surface area contributed by atoms with E-state index >= 15 is 0 Å². The Morgan fingerprint density at radius 1 is 1.56 bits per heavy atom. The van der Waals surface area contributed by atoms with Crippen molar-refractivity contribution in [3.05, 3.63) is 28.0 Å². The third-order valence-electron chi connectivity index (χ3n) is 3.18. The first-order valence-electron chi connectivity index (χ1n) is 5.88. The van der Waals surface area contributed by atoms with E-state index in [0.29, 0.717) is 11.6 Å². The number of hydrogen-bond donors (Lipinski definition) is 2. The summed E-state index contributed by atoms with van der Waals surface area (Å²) in [5.74, 6) is 1.59. The predicted octanol–water partition coefficient (Wildman–Crippen LogP) is -0.300. The lowest BCUT2D eigenvalue weighted by molar-refractivity contribution is 0.290. The van der Waals surface area contributed by atoms with Gasteiger partial charge in [-0.25, -0.2) is 0 Å². The Kier molecular flexibility index (Phi) is 2.71. The highest BCUT2D eigenvalue weighted by Gasteiger charge is 2.28. The van der Waals surface area contributed by atoms with Gasteiger partial charge in [0.1, 0.15) is 5.76 Å². The Bertz CT molecular complexity index is 585. The van der Waals surface area contributed by atoms with Crippen LogP contribution in [0, 0.1) is 0 Å². The van der Waals surface area contributed by atoms with Gasteiger partial charge in [-0.15, -0.1) is 10.2 Å². The number of aryl methyl sites for hydroxylation is 1. The number of rotatable bonds is 2. The van der Waals surface area contributed by atoms with E-state index in [9.17, 15) is 4.79 Å². The van der Waals surface area contributed by atoms with Crippen molar-refractivity contribution in [3.63, 3.8) is 0 Å². The molecule has 2 aromatic heterocycles. The smallest absolute Gasteiger partial charge is 0.280 e. The van der Waals surface area contributed by atoms with Gasteiger partial charge in [0.15, 0.2) is 5.82 Å². The molecule has 2 N–H and O–H groups in total. The molecule has 0 spiro atoms. The summed E-state index contributed by atoms with van der Waals surface area (Å²) in [6.07, 6.45) is 1.73. The number of tetrazole rings is 1. The monoisotopic (exact) mass is 250 g/mol. The van der Waals surface area contributed by atoms with Gasteiger partial charge < -0.3 is 9.84 Å². The summed E-state index contributed by atoms with van der Waals surface area (Å²) in [5, 5.41) is 17.7. The Balaban J connectivity index is 1.78. The summed E-state index contributed by atoms with van der Waals surface area (Å²) >= 11 is 0. The standard InChI is InChI=1S/C10H14N6O2/c1-16-13-10(12-15-16)7-4-6(2-3-11-7)8-5-9(17)14-18-8/h5-7,11H,2-4H2,1H3,(H,14,17)/t6-,7-/m0/s1. The van der Waals surface area contributed by atoms with Gasteiger partial charge >= 0.3 is 0 Å². The van der Waals surface area contributed by atoms with Crippen LogP contribution in [0.3, 0.4) is 0 Å². The number of aromatic amines is 1. The van der Waals surface area contributed by atoms with Crippen LogP contribution in [0.4, 0.5) is 0 Å². The maximum absolute atomic E-state index is 11.1. The molecule has 8 nitrogen and oxygen atoms in total. The van der Waals surface area contributed by atoms with Crippen LogP contribution < -0.4 is 10.9 Å². The first-order chi connectivity index (χ1) is 8.72. The van der Waals surface area contributed by atoms with E-state index in [4.69, 9.17) is 4.52 Å². The zero-order valence-corrected chi connectivity index (χ0v) is 9.96. The van der Waals surface area contributed by atoms with Crippen molar-refractivity contribution in [2.24, 2.45) is 7.05 Å². The Morgan fingerprint density at radius 3 is 3.11 bits per heavy atom. The molecule has 0 aliphatic carbocycles. The number of hydrogen-bond acceptors (Lipinski definition) is 6. The molecule has 0 unspecified atom stereocenters. The molecule has 18 heavy (non-hydrogen) atoms. The minimum Gasteiger partial charge on any atom is -0.383 e. The van der Waals surface area contributed by atoms with Gasteiger partial charge in [-0.3, -0.25) is 4.79 Å². The third kappa shape index (κ3) is 2.06. The number of nitrogens with one attached hydrogen (secondary N) is 2. The molecule has 1 fully saturated rings. The van der Waals surface area contributed by atoms with Crippen molar-refractivity contribution in [1.29, 1.82) is 0 Å². The van der Waals surface area contributed by atoms with E-state index in [1.807, 2.05) is 0 Å². The molecule has 0 radical (unpaired) electrons. The number of piperidine rings is 1. The zero-order chi connectivity index (χ0) is 12.5. The first kappa shape index (κ1) is 11.1. The lowest BCUT2D eigenvalue weighted by Gasteiger charge is -2.26. The van der Waals surface area contributed by atoms with Crippen LogP contribution >= 0.6 is 0 Å². The van der Waals surface area contributed by atoms with Gasteiger partial charge in [0.05, 0.1) is 13.1 Å². The SMILES string of the molecule is Cn1nnc([C@@H]2C[C@@H](c3cc(=O)[nH]o3)CCN2)n1. The van der Waals surface area contributed by atoms with Gasteiger partial charge in [-0.05, 0) is 24.6 Å². The van der Waals surface area contributed by atoms with Crippen molar-refractivity contribution < 1.29 is 4.52 Å². The van der Waals surface area contributed by atoms with Crippen LogP contribution in [-0.4, -0.2) is 31.9 Å². The summed E-state index contributed by atoms with van der Waals surface area (Å²) in [4.78, 5) is 12.5. The first-order valence-corrected chi connectivity index (χ1v) is 5.88. The molecular formula is C10H14N6O2. The van der Waals surface area contributed by atoms with Gasteiger partial charge in [0.25, 0.3) is 5.56 Å². The van der Waals surface area contributed by atoms with Crippen molar-refractivity contribution in [3.8, 4) is 0 Å². The fourth-order valence-electron chi connectivity index (χ4n) is 2.31. The van der Waals surface area contributed by atoms with Crippen LogP contribution in [0.5, 0.6) is 0 Å². The highest BCUT2D eigenvalue weighted by atomic mass is 16.5. The van der Waals surface area contributed by atoms with Gasteiger partial charge in [0.2, 0.25) is 0 Å². The molecule has 0 amide bonds. The van der Waals surface area contributed by atoms with E-state index < -0.39 is 0 Å². The lowest BCUT2D eigenvalue weighted by atomic mass is 9.90. The second kappa shape index (κ2) is 4.37. The van der Waals surface area contributed by atoms with Crippen LogP contribution in [0.15, 0.2) is 15.4 Å². The normalized spacial score (nSPS) is 24.3. The number of aromatic nitrogens is 5. The molecule has 2 aromatic rings. The van der Waals surface area contributed by atoms with E-state index in [1.165, 1.54) is 10.9 Å². The number of H-pyrrole nitrogens is 1. The molecular weight excluding hydrogens is 236 g/mol. The molecule has 0 saturated carbocycles. The summed E-state index contributed by atoms with van der Waals surface area (Å²) in [6, 6.07) is 1.56. The van der Waals surface area contributed by atoms with Gasteiger partial charge in [0, 0.05) is 12.0 Å². The molecule has 3 heterocycles. The minimum absolute atomic E-state index is 0.0534. The fraction of sp³-hybridized carbons (Fsp3) is 0.600. The van der Waals surface area contributed by atoms with Crippen molar-refractivity contribution in [1.82, 2.24) is 30.7 Å². The average Bonchev–Trinajstić information content (AvgIpc) is 2.98. The molecule has 1 aliphatic heterocycles. The summed E-state index contributed by atoms with van der Waals surface area (Å²) < 4.78 is 5.17. The predicted molar refractivity (Wildman–Crippen MR) is 60.8 cm³/mol. The molecule has 0 bridgehead atoms. The maximum Gasteiger partial charge on any atom is 0.280 e. The highest BCUT2D eigenvalue weighted by molar-refractivity contribution is 5.07. The Hall–Kier alpha value is -1.96. The van der Waals surface area contributed by atoms with Crippen LogP contribution in [-0.2, 0) is 7.05 Å². The Morgan fingerprint density at radius 2 is 2.44 bits per heavy atom. The van der Waals surface area contributed by atoms with Gasteiger partial charge in [-0.1, -0.05) is 0 Å². The molecule has 1 saturated heterocycles. The molecule has 96 valence electrons. The molecule has 1 aliphatic rings. The lowest BCUT2D eigenvalue weighted by Crippen LogP contribution is -2.31. The zero-order valence-electron chi connectivity index (χ0n) is 9.96. The number of nitrogens with zero attached hydrogens (tertiary/aromatic N) is 4. The van der Waals surface area contributed by atoms with Crippen molar-refractivity contribution >= 4 is 0 Å². The third-order valence-corrected chi connectivity index (χ3v) is 3.18. The van der Waals surface area contributed by atoms with Crippen LogP contribution in [0.25, 0.3) is 0 Å². The molecule has 8 heteroatoms. The molecule has 2 atom stereocenters. The van der Waals surface area contributed by atoms with Crippen molar-refractivity contribution in [2.75, 3.05) is 6.54 Å². The topological polar surface area (TPSA) is 102 Å². The highest BCUT2D eigenvalue weighted by Crippen LogP contribution is 2.31. The van der Waals surface area contributed by atoms with Crippen LogP contribution in [0.1, 0.15) is 36.4 Å². The molecule has 3 rings (SSSR count). The average molecular weight is 250 g/mol. The van der Waals surface area contributed by atoms with E-state index in [0.717, 1.165) is 19.4 Å². The largest absolute Gasteiger partial charge is 0.383 e. The summed E-state index contributed by atoms with van der Waals surface area (Å²) in [6.45, 7) is 0.836. The van der Waals surface area contributed by atoms with E-state index in [1.54, 1.807) is 7.05 Å². The second-order valence-corrected chi connectivity index (χ2v) is 4.48. The quantitative estimate of drug-likeness (QED) is 0.758. The second-order valence-electron chi connectivity index (χ2n) is 4.48. The van der Waals surface area contributed by atoms with Crippen molar-refractivity contribution in [2.45, 2.75) is 24.8 Å².